The summed E-state index contributed by atoms with van der Waals surface area (Å²) in [6.45, 7) is 5.72. The Morgan fingerprint density at radius 1 is 0.900 bits per heavy atom. The molecule has 0 fully saturated rings. The smallest absolute Gasteiger partial charge is 0.296 e. The van der Waals surface area contributed by atoms with E-state index in [1.54, 1.807) is 12.1 Å². The van der Waals surface area contributed by atoms with Gasteiger partial charge in [-0.2, -0.15) is 0 Å². The van der Waals surface area contributed by atoms with E-state index < -0.39 is 11.7 Å². The quantitative estimate of drug-likeness (QED) is 0.684. The number of rotatable bonds is 3. The summed E-state index contributed by atoms with van der Waals surface area (Å²) in [5.74, 6) is -1.12. The lowest BCUT2D eigenvalue weighted by atomic mass is 10.0. The summed E-state index contributed by atoms with van der Waals surface area (Å²) in [6.07, 6.45) is 0. The van der Waals surface area contributed by atoms with Crippen LogP contribution in [0, 0.1) is 20.8 Å². The predicted molar refractivity (Wildman–Crippen MR) is 80.1 cm³/mol. The minimum absolute atomic E-state index is 0.445. The van der Waals surface area contributed by atoms with Crippen molar-refractivity contribution in [2.45, 2.75) is 20.8 Å². The van der Waals surface area contributed by atoms with E-state index in [4.69, 9.17) is 0 Å². The highest BCUT2D eigenvalue weighted by Gasteiger charge is 2.18. The minimum atomic E-state index is -0.609. The van der Waals surface area contributed by atoms with E-state index in [-0.39, 0.29) is 0 Å². The molecule has 20 heavy (non-hydrogen) atoms. The molecule has 2 aromatic carbocycles. The molecule has 0 atom stereocenters. The van der Waals surface area contributed by atoms with Gasteiger partial charge in [0, 0.05) is 11.3 Å². The van der Waals surface area contributed by atoms with E-state index in [1.165, 1.54) is 0 Å². The van der Waals surface area contributed by atoms with E-state index in [9.17, 15) is 9.59 Å². The molecule has 1 amide bonds. The maximum atomic E-state index is 12.2. The molecule has 0 unspecified atom stereocenters. The topological polar surface area (TPSA) is 46.2 Å². The van der Waals surface area contributed by atoms with Crippen molar-refractivity contribution in [2.24, 2.45) is 0 Å². The first kappa shape index (κ1) is 14.0. The van der Waals surface area contributed by atoms with Gasteiger partial charge in [-0.3, -0.25) is 9.59 Å². The Bertz CT molecular complexity index is 674. The summed E-state index contributed by atoms with van der Waals surface area (Å²) in [5.41, 5.74) is 3.99. The van der Waals surface area contributed by atoms with Gasteiger partial charge < -0.3 is 5.32 Å². The van der Waals surface area contributed by atoms with E-state index >= 15 is 0 Å². The molecule has 0 spiro atoms. The highest BCUT2D eigenvalue weighted by Crippen LogP contribution is 2.14. The molecular formula is C17H17NO2. The van der Waals surface area contributed by atoms with E-state index in [0.717, 1.165) is 16.7 Å². The first-order chi connectivity index (χ1) is 9.47. The number of carbonyl (C=O) groups is 2. The lowest BCUT2D eigenvalue weighted by Crippen LogP contribution is -2.23. The molecule has 102 valence electrons. The van der Waals surface area contributed by atoms with Crippen molar-refractivity contribution < 1.29 is 9.59 Å². The van der Waals surface area contributed by atoms with Gasteiger partial charge in [0.25, 0.3) is 11.7 Å². The molecule has 2 rings (SSSR count). The van der Waals surface area contributed by atoms with Gasteiger partial charge in [0.1, 0.15) is 0 Å². The van der Waals surface area contributed by atoms with E-state index in [2.05, 4.69) is 5.32 Å². The SMILES string of the molecule is Cc1cccc(NC(=O)C(=O)c2ccc(C)cc2C)c1. The second kappa shape index (κ2) is 5.70. The molecule has 1 N–H and O–H groups in total. The molecule has 0 saturated carbocycles. The number of nitrogens with one attached hydrogen (secondary N) is 1. The Labute approximate surface area is 118 Å². The standard InChI is InChI=1S/C17H17NO2/c1-11-5-4-6-14(10-11)18-17(20)16(19)15-8-7-12(2)9-13(15)3/h4-10H,1-3H3,(H,18,20). The first-order valence-electron chi connectivity index (χ1n) is 6.47. The highest BCUT2D eigenvalue weighted by molar-refractivity contribution is 6.46. The zero-order chi connectivity index (χ0) is 14.7. The van der Waals surface area contributed by atoms with E-state index in [1.807, 2.05) is 51.1 Å². The van der Waals surface area contributed by atoms with Crippen LogP contribution in [0.1, 0.15) is 27.0 Å². The monoisotopic (exact) mass is 267 g/mol. The summed E-state index contributed by atoms with van der Waals surface area (Å²) < 4.78 is 0. The second-order valence-electron chi connectivity index (χ2n) is 4.97. The van der Waals surface area contributed by atoms with Gasteiger partial charge in [0.15, 0.2) is 0 Å². The Kier molecular flexibility index (Phi) is 3.99. The van der Waals surface area contributed by atoms with Gasteiger partial charge in [0.05, 0.1) is 0 Å². The molecule has 3 nitrogen and oxygen atoms in total. The summed E-state index contributed by atoms with van der Waals surface area (Å²) in [5, 5.41) is 2.63. The van der Waals surface area contributed by atoms with E-state index in [0.29, 0.717) is 11.3 Å². The molecule has 0 bridgehead atoms. The number of carbonyl (C=O) groups excluding carboxylic acids is 2. The number of benzene rings is 2. The number of hydrogen-bond donors (Lipinski definition) is 1. The van der Waals surface area contributed by atoms with Gasteiger partial charge in [-0.15, -0.1) is 0 Å². The van der Waals surface area contributed by atoms with Crippen molar-refractivity contribution in [1.82, 2.24) is 0 Å². The maximum absolute atomic E-state index is 12.2. The predicted octanol–water partition coefficient (Wildman–Crippen LogP) is 3.43. The van der Waals surface area contributed by atoms with Crippen molar-refractivity contribution in [3.8, 4) is 0 Å². The second-order valence-corrected chi connectivity index (χ2v) is 4.97. The van der Waals surface area contributed by atoms with Crippen molar-refractivity contribution >= 4 is 17.4 Å². The molecule has 0 radical (unpaired) electrons. The lowest BCUT2D eigenvalue weighted by Gasteiger charge is -2.07. The third-order valence-corrected chi connectivity index (χ3v) is 3.11. The zero-order valence-corrected chi connectivity index (χ0v) is 11.9. The van der Waals surface area contributed by atoms with Crippen LogP contribution < -0.4 is 5.32 Å². The first-order valence-corrected chi connectivity index (χ1v) is 6.47. The van der Waals surface area contributed by atoms with Crippen molar-refractivity contribution in [3.05, 3.63) is 64.7 Å². The fourth-order valence-corrected chi connectivity index (χ4v) is 2.10. The molecule has 0 aromatic heterocycles. The number of anilines is 1. The number of ketones is 1. The number of aryl methyl sites for hydroxylation is 3. The fraction of sp³-hybridized carbons (Fsp3) is 0.176. The molecule has 0 aliphatic carbocycles. The molecule has 2 aromatic rings. The molecule has 0 saturated heterocycles. The van der Waals surface area contributed by atoms with Crippen LogP contribution in [0.2, 0.25) is 0 Å². The van der Waals surface area contributed by atoms with Crippen LogP contribution in [0.5, 0.6) is 0 Å². The molecule has 0 aliphatic heterocycles. The number of Topliss-reactive ketones (excluding diaryl/α,β-unsaturated/α-hetero) is 1. The van der Waals surface area contributed by atoms with Crippen molar-refractivity contribution in [1.29, 1.82) is 0 Å². The van der Waals surface area contributed by atoms with Crippen LogP contribution in [-0.2, 0) is 4.79 Å². The van der Waals surface area contributed by atoms with Crippen LogP contribution in [0.25, 0.3) is 0 Å². The van der Waals surface area contributed by atoms with Gasteiger partial charge in [-0.25, -0.2) is 0 Å². The van der Waals surface area contributed by atoms with Crippen LogP contribution in [0.4, 0.5) is 5.69 Å². The van der Waals surface area contributed by atoms with Crippen LogP contribution in [0.15, 0.2) is 42.5 Å². The summed E-state index contributed by atoms with van der Waals surface area (Å²) in [6, 6.07) is 12.8. The van der Waals surface area contributed by atoms with Crippen LogP contribution >= 0.6 is 0 Å². The van der Waals surface area contributed by atoms with Crippen LogP contribution in [-0.4, -0.2) is 11.7 Å². The Balaban J connectivity index is 2.19. The molecule has 3 heteroatoms. The lowest BCUT2D eigenvalue weighted by molar-refractivity contribution is -0.112. The summed E-state index contributed by atoms with van der Waals surface area (Å²) in [4.78, 5) is 24.2. The molecule has 0 aliphatic rings. The highest BCUT2D eigenvalue weighted by atomic mass is 16.2. The molecule has 0 heterocycles. The summed E-state index contributed by atoms with van der Waals surface area (Å²) >= 11 is 0. The van der Waals surface area contributed by atoms with Gasteiger partial charge >= 0.3 is 0 Å². The van der Waals surface area contributed by atoms with Crippen molar-refractivity contribution in [2.75, 3.05) is 5.32 Å². The average molecular weight is 267 g/mol. The average Bonchev–Trinajstić information content (AvgIpc) is 2.38. The number of amides is 1. The minimum Gasteiger partial charge on any atom is -0.319 e. The van der Waals surface area contributed by atoms with Crippen molar-refractivity contribution in [3.63, 3.8) is 0 Å². The van der Waals surface area contributed by atoms with Gasteiger partial charge in [0.2, 0.25) is 0 Å². The largest absolute Gasteiger partial charge is 0.319 e. The normalized spacial score (nSPS) is 10.2. The van der Waals surface area contributed by atoms with Crippen LogP contribution in [0.3, 0.4) is 0 Å². The Hall–Kier alpha value is -2.42. The fourth-order valence-electron chi connectivity index (χ4n) is 2.10. The molecular weight excluding hydrogens is 250 g/mol. The number of hydrogen-bond acceptors (Lipinski definition) is 2. The van der Waals surface area contributed by atoms with Gasteiger partial charge in [-0.1, -0.05) is 35.9 Å². The Morgan fingerprint density at radius 2 is 1.60 bits per heavy atom. The zero-order valence-electron chi connectivity index (χ0n) is 11.9. The summed E-state index contributed by atoms with van der Waals surface area (Å²) in [7, 11) is 0. The third kappa shape index (κ3) is 3.12. The van der Waals surface area contributed by atoms with Gasteiger partial charge in [-0.05, 0) is 44.0 Å². The third-order valence-electron chi connectivity index (χ3n) is 3.11. The maximum Gasteiger partial charge on any atom is 0.296 e. The Morgan fingerprint density at radius 3 is 2.25 bits per heavy atom.